The molecule has 1 aliphatic heterocycles. The number of carbonyl (C=O) groups is 2. The molecule has 0 radical (unpaired) electrons. The molecule has 8 nitrogen and oxygen atoms in total. The second-order valence-electron chi connectivity index (χ2n) is 5.55. The number of hydrogen-bond donors (Lipinski definition) is 1. The summed E-state index contributed by atoms with van der Waals surface area (Å²) in [6, 6.07) is 0.220. The second kappa shape index (κ2) is 8.07. The number of hydrogen-bond acceptors (Lipinski definition) is 5. The lowest BCUT2D eigenvalue weighted by molar-refractivity contribution is -0.137. The van der Waals surface area contributed by atoms with Crippen molar-refractivity contribution in [1.82, 2.24) is 14.7 Å². The van der Waals surface area contributed by atoms with Gasteiger partial charge in [0.2, 0.25) is 0 Å². The van der Waals surface area contributed by atoms with Crippen molar-refractivity contribution in [3.63, 3.8) is 0 Å². The Bertz CT molecular complexity index is 551. The molecule has 0 aliphatic carbocycles. The zero-order chi connectivity index (χ0) is 16.8. The smallest absolute Gasteiger partial charge is 0.323 e. The van der Waals surface area contributed by atoms with Gasteiger partial charge in [0.15, 0.2) is 0 Å². The summed E-state index contributed by atoms with van der Waals surface area (Å²) < 4.78 is 12.1. The third-order valence-corrected chi connectivity index (χ3v) is 3.99. The van der Waals surface area contributed by atoms with Gasteiger partial charge in [-0.1, -0.05) is 0 Å². The molecule has 0 unspecified atom stereocenters. The minimum absolute atomic E-state index is 0.220. The SMILES string of the molecule is COCCN(CC(=O)O)C(=O)c1cnn(C2CCOCC2)c1C. The van der Waals surface area contributed by atoms with Crippen LogP contribution in [0.5, 0.6) is 0 Å². The topological polar surface area (TPSA) is 93.9 Å². The minimum atomic E-state index is -1.05. The third kappa shape index (κ3) is 4.29. The molecule has 0 aromatic carbocycles. The van der Waals surface area contributed by atoms with Crippen LogP contribution < -0.4 is 0 Å². The molecule has 1 saturated heterocycles. The Balaban J connectivity index is 2.16. The van der Waals surface area contributed by atoms with E-state index in [0.717, 1.165) is 18.5 Å². The molecule has 23 heavy (non-hydrogen) atoms. The minimum Gasteiger partial charge on any atom is -0.480 e. The van der Waals surface area contributed by atoms with E-state index in [-0.39, 0.29) is 31.6 Å². The van der Waals surface area contributed by atoms with E-state index in [0.29, 0.717) is 18.8 Å². The Morgan fingerprint density at radius 3 is 2.78 bits per heavy atom. The Hall–Kier alpha value is -1.93. The lowest BCUT2D eigenvalue weighted by atomic mass is 10.1. The highest BCUT2D eigenvalue weighted by Crippen LogP contribution is 2.23. The highest BCUT2D eigenvalue weighted by molar-refractivity contribution is 5.96. The van der Waals surface area contributed by atoms with Crippen LogP contribution in [-0.2, 0) is 14.3 Å². The van der Waals surface area contributed by atoms with Crippen LogP contribution >= 0.6 is 0 Å². The average Bonchev–Trinajstić information content (AvgIpc) is 2.93. The predicted molar refractivity (Wildman–Crippen MR) is 81.5 cm³/mol. The molecule has 0 spiro atoms. The fourth-order valence-electron chi connectivity index (χ4n) is 2.72. The maximum atomic E-state index is 12.6. The fraction of sp³-hybridized carbons (Fsp3) is 0.667. The maximum absolute atomic E-state index is 12.6. The van der Waals surface area contributed by atoms with E-state index in [4.69, 9.17) is 14.6 Å². The van der Waals surface area contributed by atoms with Crippen LogP contribution in [0.25, 0.3) is 0 Å². The molecule has 1 fully saturated rings. The molecule has 1 N–H and O–H groups in total. The van der Waals surface area contributed by atoms with Gasteiger partial charge in [-0.15, -0.1) is 0 Å². The molecule has 1 aromatic heterocycles. The summed E-state index contributed by atoms with van der Waals surface area (Å²) in [5.74, 6) is -1.39. The van der Waals surface area contributed by atoms with Crippen molar-refractivity contribution in [2.75, 3.05) is 40.0 Å². The Kier molecular flexibility index (Phi) is 6.12. The maximum Gasteiger partial charge on any atom is 0.323 e. The Labute approximate surface area is 135 Å². The first kappa shape index (κ1) is 17.4. The van der Waals surface area contributed by atoms with Crippen LogP contribution in [0, 0.1) is 6.92 Å². The van der Waals surface area contributed by atoms with Crippen molar-refractivity contribution in [3.05, 3.63) is 17.5 Å². The summed E-state index contributed by atoms with van der Waals surface area (Å²) in [4.78, 5) is 24.9. The zero-order valence-electron chi connectivity index (χ0n) is 13.5. The number of carboxylic acids is 1. The van der Waals surface area contributed by atoms with Gasteiger partial charge in [-0.2, -0.15) is 5.10 Å². The van der Waals surface area contributed by atoms with E-state index in [9.17, 15) is 9.59 Å². The number of aliphatic carboxylic acids is 1. The average molecular weight is 325 g/mol. The number of nitrogens with zero attached hydrogens (tertiary/aromatic N) is 3. The summed E-state index contributed by atoms with van der Waals surface area (Å²) >= 11 is 0. The molecule has 0 atom stereocenters. The van der Waals surface area contributed by atoms with Crippen LogP contribution in [-0.4, -0.2) is 71.7 Å². The highest BCUT2D eigenvalue weighted by atomic mass is 16.5. The number of ether oxygens (including phenoxy) is 2. The number of methoxy groups -OCH3 is 1. The van der Waals surface area contributed by atoms with Gasteiger partial charge in [0, 0.05) is 32.6 Å². The number of carboxylic acid groups (broad SMARTS) is 1. The van der Waals surface area contributed by atoms with Gasteiger partial charge >= 0.3 is 5.97 Å². The number of aromatic nitrogens is 2. The first-order valence-corrected chi connectivity index (χ1v) is 7.66. The molecule has 1 amide bonds. The van der Waals surface area contributed by atoms with Crippen LogP contribution in [0.1, 0.15) is 34.9 Å². The van der Waals surface area contributed by atoms with Crippen LogP contribution in [0.3, 0.4) is 0 Å². The Morgan fingerprint density at radius 1 is 1.48 bits per heavy atom. The van der Waals surface area contributed by atoms with Crippen LogP contribution in [0.4, 0.5) is 0 Å². The van der Waals surface area contributed by atoms with Gasteiger partial charge in [0.05, 0.1) is 24.4 Å². The quantitative estimate of drug-likeness (QED) is 0.794. The van der Waals surface area contributed by atoms with E-state index in [1.165, 1.54) is 18.2 Å². The number of rotatable bonds is 7. The van der Waals surface area contributed by atoms with Crippen molar-refractivity contribution in [2.24, 2.45) is 0 Å². The van der Waals surface area contributed by atoms with Gasteiger partial charge in [-0.05, 0) is 19.8 Å². The van der Waals surface area contributed by atoms with Gasteiger partial charge in [-0.25, -0.2) is 0 Å². The Morgan fingerprint density at radius 2 is 2.17 bits per heavy atom. The van der Waals surface area contributed by atoms with Crippen molar-refractivity contribution in [2.45, 2.75) is 25.8 Å². The first-order valence-electron chi connectivity index (χ1n) is 7.66. The van der Waals surface area contributed by atoms with Crippen molar-refractivity contribution in [3.8, 4) is 0 Å². The number of carbonyl (C=O) groups excluding carboxylic acids is 1. The van der Waals surface area contributed by atoms with Gasteiger partial charge in [0.1, 0.15) is 6.54 Å². The third-order valence-electron chi connectivity index (χ3n) is 3.99. The summed E-state index contributed by atoms with van der Waals surface area (Å²) in [6.45, 7) is 3.36. The molecule has 128 valence electrons. The van der Waals surface area contributed by atoms with Gasteiger partial charge < -0.3 is 19.5 Å². The second-order valence-corrected chi connectivity index (χ2v) is 5.55. The fourth-order valence-corrected chi connectivity index (χ4v) is 2.72. The van der Waals surface area contributed by atoms with Gasteiger partial charge in [-0.3, -0.25) is 14.3 Å². The van der Waals surface area contributed by atoms with Crippen molar-refractivity contribution >= 4 is 11.9 Å². The zero-order valence-corrected chi connectivity index (χ0v) is 13.5. The summed E-state index contributed by atoms with van der Waals surface area (Å²) in [5.41, 5.74) is 1.20. The number of amides is 1. The van der Waals surface area contributed by atoms with E-state index in [1.807, 2.05) is 11.6 Å². The summed E-state index contributed by atoms with van der Waals surface area (Å²) in [6.07, 6.45) is 3.24. The lowest BCUT2D eigenvalue weighted by Gasteiger charge is -2.24. The predicted octanol–water partition coefficient (Wildman–Crippen LogP) is 0.716. The van der Waals surface area contributed by atoms with Crippen molar-refractivity contribution < 1.29 is 24.2 Å². The van der Waals surface area contributed by atoms with Crippen LogP contribution in [0.15, 0.2) is 6.20 Å². The van der Waals surface area contributed by atoms with Gasteiger partial charge in [0.25, 0.3) is 5.91 Å². The van der Waals surface area contributed by atoms with Crippen molar-refractivity contribution in [1.29, 1.82) is 0 Å². The monoisotopic (exact) mass is 325 g/mol. The molecule has 2 heterocycles. The van der Waals surface area contributed by atoms with E-state index >= 15 is 0 Å². The summed E-state index contributed by atoms with van der Waals surface area (Å²) in [5, 5.41) is 13.3. The van der Waals surface area contributed by atoms with E-state index in [1.54, 1.807) is 0 Å². The standard InChI is InChI=1S/C15H23N3O5/c1-11-13(9-16-18(11)12-3-6-23-7-4-12)15(21)17(5-8-22-2)10-14(19)20/h9,12H,3-8,10H2,1-2H3,(H,19,20). The molecule has 0 saturated carbocycles. The summed E-state index contributed by atoms with van der Waals surface area (Å²) in [7, 11) is 1.51. The first-order chi connectivity index (χ1) is 11.0. The molecule has 1 aliphatic rings. The largest absolute Gasteiger partial charge is 0.480 e. The highest BCUT2D eigenvalue weighted by Gasteiger charge is 2.25. The molecular weight excluding hydrogens is 302 g/mol. The molecule has 0 bridgehead atoms. The molecule has 2 rings (SSSR count). The van der Waals surface area contributed by atoms with Crippen LogP contribution in [0.2, 0.25) is 0 Å². The van der Waals surface area contributed by atoms with E-state index < -0.39 is 5.97 Å². The molecule has 8 heteroatoms. The van der Waals surface area contributed by atoms with E-state index in [2.05, 4.69) is 5.10 Å². The normalized spacial score (nSPS) is 15.6. The molecule has 1 aromatic rings. The molecular formula is C15H23N3O5. The lowest BCUT2D eigenvalue weighted by Crippen LogP contribution is -2.38.